The highest BCUT2D eigenvalue weighted by Crippen LogP contribution is 2.30. The van der Waals surface area contributed by atoms with Crippen LogP contribution < -0.4 is 15.0 Å². The van der Waals surface area contributed by atoms with Crippen molar-refractivity contribution in [1.82, 2.24) is 10.2 Å². The summed E-state index contributed by atoms with van der Waals surface area (Å²) in [5, 5.41) is 3.63. The minimum atomic E-state index is 0.298. The van der Waals surface area contributed by atoms with Crippen LogP contribution in [0.25, 0.3) is 0 Å². The van der Waals surface area contributed by atoms with E-state index in [1.165, 1.54) is 17.9 Å². The summed E-state index contributed by atoms with van der Waals surface area (Å²) in [5.74, 6) is 3.79. The van der Waals surface area contributed by atoms with Gasteiger partial charge in [0.2, 0.25) is 0 Å². The topological polar surface area (TPSA) is 40.1 Å². The van der Waals surface area contributed by atoms with Crippen molar-refractivity contribution in [2.75, 3.05) is 57.5 Å². The second kappa shape index (κ2) is 8.42. The Morgan fingerprint density at radius 1 is 1.38 bits per heavy atom. The van der Waals surface area contributed by atoms with Gasteiger partial charge < -0.3 is 19.9 Å². The first-order valence-corrected chi connectivity index (χ1v) is 10.5. The van der Waals surface area contributed by atoms with Gasteiger partial charge in [0.25, 0.3) is 0 Å². The summed E-state index contributed by atoms with van der Waals surface area (Å²) in [6, 6.07) is 8.37. The van der Waals surface area contributed by atoms with Crippen molar-refractivity contribution < 1.29 is 4.74 Å². The minimum Gasteiger partial charge on any atom is -0.497 e. The molecule has 1 N–H and O–H groups in total. The Bertz CT molecular complexity index is 634. The van der Waals surface area contributed by atoms with Crippen molar-refractivity contribution in [3.05, 3.63) is 24.3 Å². The Morgan fingerprint density at radius 2 is 2.23 bits per heavy atom. The summed E-state index contributed by atoms with van der Waals surface area (Å²) in [6.07, 6.45) is 1.21. The van der Waals surface area contributed by atoms with Crippen LogP contribution in [0.2, 0.25) is 0 Å². The molecule has 2 heterocycles. The fourth-order valence-corrected chi connectivity index (χ4v) is 4.92. The Morgan fingerprint density at radius 3 is 2.96 bits per heavy atom. The van der Waals surface area contributed by atoms with Crippen molar-refractivity contribution >= 4 is 23.4 Å². The predicted octanol–water partition coefficient (Wildman–Crippen LogP) is 2.92. The minimum absolute atomic E-state index is 0.298. The maximum atomic E-state index is 5.36. The van der Waals surface area contributed by atoms with Crippen LogP contribution in [0.5, 0.6) is 5.75 Å². The zero-order valence-electron chi connectivity index (χ0n) is 16.5. The smallest absolute Gasteiger partial charge is 0.193 e. The molecular weight excluding hydrogens is 344 g/mol. The number of nitrogens with one attached hydrogen (secondary N) is 1. The highest BCUT2D eigenvalue weighted by molar-refractivity contribution is 8.00. The monoisotopic (exact) mass is 376 g/mol. The van der Waals surface area contributed by atoms with Gasteiger partial charge in [0.15, 0.2) is 5.96 Å². The molecule has 6 heteroatoms. The summed E-state index contributed by atoms with van der Waals surface area (Å²) in [6.45, 7) is 9.94. The maximum Gasteiger partial charge on any atom is 0.193 e. The number of anilines is 1. The van der Waals surface area contributed by atoms with Crippen LogP contribution in [0, 0.1) is 5.92 Å². The van der Waals surface area contributed by atoms with E-state index in [0.29, 0.717) is 10.7 Å². The SMILES string of the molecule is CN=C(NCC1CCN(c2cccc(OC)c2)C1)N1CCSC(C)(C)C1. The van der Waals surface area contributed by atoms with Gasteiger partial charge >= 0.3 is 0 Å². The molecule has 1 atom stereocenters. The van der Waals surface area contributed by atoms with Crippen LogP contribution in [0.15, 0.2) is 29.3 Å². The quantitative estimate of drug-likeness (QED) is 0.646. The molecule has 144 valence electrons. The molecular formula is C20H32N4OS. The number of nitrogens with zero attached hydrogens (tertiary/aromatic N) is 3. The maximum absolute atomic E-state index is 5.36. The van der Waals surface area contributed by atoms with E-state index < -0.39 is 0 Å². The van der Waals surface area contributed by atoms with Crippen LogP contribution in [0.3, 0.4) is 0 Å². The molecule has 1 aromatic rings. The molecule has 0 aromatic heterocycles. The molecule has 2 aliphatic heterocycles. The Balaban J connectivity index is 1.52. The van der Waals surface area contributed by atoms with Gasteiger partial charge in [-0.1, -0.05) is 6.07 Å². The average Bonchev–Trinajstić information content (AvgIpc) is 3.10. The lowest BCUT2D eigenvalue weighted by atomic mass is 10.1. The van der Waals surface area contributed by atoms with Crippen LogP contribution in [0.1, 0.15) is 20.3 Å². The van der Waals surface area contributed by atoms with Gasteiger partial charge in [0.05, 0.1) is 7.11 Å². The molecule has 0 spiro atoms. The van der Waals surface area contributed by atoms with E-state index in [9.17, 15) is 0 Å². The lowest BCUT2D eigenvalue weighted by molar-refractivity contribution is 0.372. The lowest BCUT2D eigenvalue weighted by Gasteiger charge is -2.39. The first-order valence-electron chi connectivity index (χ1n) is 9.49. The number of thioether (sulfide) groups is 1. The van der Waals surface area contributed by atoms with E-state index >= 15 is 0 Å². The van der Waals surface area contributed by atoms with E-state index in [0.717, 1.165) is 44.4 Å². The zero-order chi connectivity index (χ0) is 18.6. The second-order valence-corrected chi connectivity index (χ2v) is 9.56. The number of ether oxygens (including phenoxy) is 1. The molecule has 26 heavy (non-hydrogen) atoms. The fourth-order valence-electron chi connectivity index (χ4n) is 3.81. The standard InChI is InChI=1S/C20H32N4OS/c1-20(2)15-24(10-11-26-20)19(21-3)22-13-16-8-9-23(14-16)17-6-5-7-18(12-17)25-4/h5-7,12,16H,8-11,13-15H2,1-4H3,(H,21,22). The first-order chi connectivity index (χ1) is 12.5. The van der Waals surface area contributed by atoms with Crippen LogP contribution in [-0.2, 0) is 0 Å². The highest BCUT2D eigenvalue weighted by Gasteiger charge is 2.29. The number of hydrogen-bond acceptors (Lipinski definition) is 4. The molecule has 0 bridgehead atoms. The van der Waals surface area contributed by atoms with Gasteiger partial charge in [0.1, 0.15) is 5.75 Å². The Labute approximate surface area is 162 Å². The van der Waals surface area contributed by atoms with E-state index in [4.69, 9.17) is 4.74 Å². The van der Waals surface area contributed by atoms with Gasteiger partial charge in [-0.15, -0.1) is 0 Å². The third-order valence-corrected chi connectivity index (χ3v) is 6.49. The van der Waals surface area contributed by atoms with E-state index in [2.05, 4.69) is 63.9 Å². The highest BCUT2D eigenvalue weighted by atomic mass is 32.2. The predicted molar refractivity (Wildman–Crippen MR) is 113 cm³/mol. The van der Waals surface area contributed by atoms with Crippen molar-refractivity contribution in [3.63, 3.8) is 0 Å². The Kier molecular flexibility index (Phi) is 6.22. The normalized spacial score (nSPS) is 23.2. The molecule has 2 fully saturated rings. The van der Waals surface area contributed by atoms with E-state index in [1.807, 2.05) is 13.1 Å². The molecule has 1 aromatic carbocycles. The van der Waals surface area contributed by atoms with Crippen molar-refractivity contribution in [3.8, 4) is 5.75 Å². The zero-order valence-corrected chi connectivity index (χ0v) is 17.3. The molecule has 2 aliphatic rings. The van der Waals surface area contributed by atoms with Gasteiger partial charge in [-0.05, 0) is 38.3 Å². The number of benzene rings is 1. The Hall–Kier alpha value is -1.56. The molecule has 0 amide bonds. The van der Waals surface area contributed by atoms with Crippen LogP contribution >= 0.6 is 11.8 Å². The van der Waals surface area contributed by atoms with Crippen molar-refractivity contribution in [1.29, 1.82) is 0 Å². The first kappa shape index (κ1) is 19.2. The van der Waals surface area contributed by atoms with Gasteiger partial charge in [-0.2, -0.15) is 11.8 Å². The van der Waals surface area contributed by atoms with Crippen molar-refractivity contribution in [2.24, 2.45) is 10.9 Å². The molecule has 0 aliphatic carbocycles. The average molecular weight is 377 g/mol. The largest absolute Gasteiger partial charge is 0.497 e. The molecule has 0 radical (unpaired) electrons. The molecule has 0 saturated carbocycles. The number of rotatable bonds is 4. The summed E-state index contributed by atoms with van der Waals surface area (Å²) >= 11 is 2.05. The van der Waals surface area contributed by atoms with Crippen molar-refractivity contribution in [2.45, 2.75) is 25.0 Å². The summed E-state index contributed by atoms with van der Waals surface area (Å²) in [7, 11) is 3.62. The molecule has 3 rings (SSSR count). The molecule has 1 unspecified atom stereocenters. The van der Waals surface area contributed by atoms with Crippen LogP contribution in [0.4, 0.5) is 5.69 Å². The van der Waals surface area contributed by atoms with E-state index in [1.54, 1.807) is 7.11 Å². The summed E-state index contributed by atoms with van der Waals surface area (Å²) < 4.78 is 5.65. The fraction of sp³-hybridized carbons (Fsp3) is 0.650. The second-order valence-electron chi connectivity index (χ2n) is 7.76. The van der Waals surface area contributed by atoms with Gasteiger partial charge in [-0.3, -0.25) is 4.99 Å². The van der Waals surface area contributed by atoms with Gasteiger partial charge in [-0.25, -0.2) is 0 Å². The number of aliphatic imine (C=N–C) groups is 1. The van der Waals surface area contributed by atoms with Gasteiger partial charge in [0, 0.05) is 62.0 Å². The third-order valence-electron chi connectivity index (χ3n) is 5.19. The lowest BCUT2D eigenvalue weighted by Crippen LogP contribution is -2.51. The molecule has 2 saturated heterocycles. The number of methoxy groups -OCH3 is 1. The summed E-state index contributed by atoms with van der Waals surface area (Å²) in [5.41, 5.74) is 1.26. The summed E-state index contributed by atoms with van der Waals surface area (Å²) in [4.78, 5) is 9.39. The van der Waals surface area contributed by atoms with Crippen LogP contribution in [-0.4, -0.2) is 68.2 Å². The van der Waals surface area contributed by atoms with E-state index in [-0.39, 0.29) is 0 Å². The number of hydrogen-bond donors (Lipinski definition) is 1. The molecule has 5 nitrogen and oxygen atoms in total. The number of guanidine groups is 1. The third kappa shape index (κ3) is 4.78.